The van der Waals surface area contributed by atoms with Gasteiger partial charge in [-0.15, -0.1) is 0 Å². The fourth-order valence-corrected chi connectivity index (χ4v) is 2.54. The predicted molar refractivity (Wildman–Crippen MR) is 67.8 cm³/mol. The van der Waals surface area contributed by atoms with Gasteiger partial charge < -0.3 is 15.5 Å². The van der Waals surface area contributed by atoms with E-state index in [0.29, 0.717) is 0 Å². The number of rotatable bonds is 4. The highest BCUT2D eigenvalue weighted by Gasteiger charge is 2.20. The van der Waals surface area contributed by atoms with Crippen LogP contribution in [0, 0.1) is 5.92 Å². The maximum atomic E-state index is 4.53. The van der Waals surface area contributed by atoms with Crippen LogP contribution in [0.4, 0.5) is 0 Å². The van der Waals surface area contributed by atoms with Crippen LogP contribution in [0.25, 0.3) is 0 Å². The first-order chi connectivity index (χ1) is 7.90. The normalized spacial score (nSPS) is 25.1. The molecule has 0 radical (unpaired) electrons. The highest BCUT2D eigenvalue weighted by molar-refractivity contribution is 5.81. The van der Waals surface area contributed by atoms with E-state index < -0.39 is 0 Å². The smallest absolute Gasteiger partial charge is 0.194 e. The van der Waals surface area contributed by atoms with Crippen molar-refractivity contribution in [2.24, 2.45) is 10.9 Å². The summed E-state index contributed by atoms with van der Waals surface area (Å²) >= 11 is 0. The lowest BCUT2D eigenvalue weighted by atomic mass is 9.99. The van der Waals surface area contributed by atoms with Gasteiger partial charge in [-0.1, -0.05) is 6.92 Å². The molecular weight excluding hydrogens is 200 g/mol. The van der Waals surface area contributed by atoms with Gasteiger partial charge in [0.2, 0.25) is 0 Å². The standard InChI is InChI=1S/C12H24N4/c1-2-8-16(12-14-6-7-15-12)10-11-4-3-5-13-9-11/h11,13H,2-10H2,1H3,(H,14,15). The fourth-order valence-electron chi connectivity index (χ4n) is 2.54. The fraction of sp³-hybridized carbons (Fsp3) is 0.917. The molecule has 4 heteroatoms. The zero-order valence-electron chi connectivity index (χ0n) is 10.3. The van der Waals surface area contributed by atoms with E-state index in [-0.39, 0.29) is 0 Å². The van der Waals surface area contributed by atoms with Gasteiger partial charge in [-0.2, -0.15) is 0 Å². The van der Waals surface area contributed by atoms with Crippen molar-refractivity contribution in [3.63, 3.8) is 0 Å². The first-order valence-corrected chi connectivity index (χ1v) is 6.64. The number of nitrogens with zero attached hydrogens (tertiary/aromatic N) is 2. The highest BCUT2D eigenvalue weighted by Crippen LogP contribution is 2.12. The van der Waals surface area contributed by atoms with Crippen LogP contribution in [0.15, 0.2) is 4.99 Å². The van der Waals surface area contributed by atoms with Crippen LogP contribution in [0.2, 0.25) is 0 Å². The molecule has 2 heterocycles. The minimum absolute atomic E-state index is 0.797. The zero-order valence-corrected chi connectivity index (χ0v) is 10.3. The molecule has 1 unspecified atom stereocenters. The number of hydrogen-bond acceptors (Lipinski definition) is 4. The maximum Gasteiger partial charge on any atom is 0.194 e. The number of nitrogens with one attached hydrogen (secondary N) is 2. The van der Waals surface area contributed by atoms with Gasteiger partial charge in [0.1, 0.15) is 0 Å². The van der Waals surface area contributed by atoms with Crippen LogP contribution in [-0.4, -0.2) is 50.1 Å². The molecule has 0 amide bonds. The van der Waals surface area contributed by atoms with Gasteiger partial charge in [0.15, 0.2) is 5.96 Å². The Kier molecular flexibility index (Phi) is 4.45. The van der Waals surface area contributed by atoms with Crippen LogP contribution in [0.1, 0.15) is 26.2 Å². The summed E-state index contributed by atoms with van der Waals surface area (Å²) < 4.78 is 0. The van der Waals surface area contributed by atoms with Crippen LogP contribution in [0.3, 0.4) is 0 Å². The van der Waals surface area contributed by atoms with Crippen LogP contribution >= 0.6 is 0 Å². The minimum Gasteiger partial charge on any atom is -0.354 e. The molecule has 0 aliphatic carbocycles. The van der Waals surface area contributed by atoms with Crippen molar-refractivity contribution < 1.29 is 0 Å². The monoisotopic (exact) mass is 224 g/mol. The van der Waals surface area contributed by atoms with Gasteiger partial charge in [-0.3, -0.25) is 4.99 Å². The summed E-state index contributed by atoms with van der Waals surface area (Å²) in [6, 6.07) is 0. The van der Waals surface area contributed by atoms with Crippen molar-refractivity contribution in [3.8, 4) is 0 Å². The van der Waals surface area contributed by atoms with Crippen molar-refractivity contribution >= 4 is 5.96 Å². The van der Waals surface area contributed by atoms with E-state index in [0.717, 1.165) is 38.1 Å². The Morgan fingerprint density at radius 2 is 2.38 bits per heavy atom. The van der Waals surface area contributed by atoms with Crippen LogP contribution in [-0.2, 0) is 0 Å². The second kappa shape index (κ2) is 6.09. The molecule has 1 saturated heterocycles. The summed E-state index contributed by atoms with van der Waals surface area (Å²) in [4.78, 5) is 6.97. The molecule has 92 valence electrons. The van der Waals surface area contributed by atoms with E-state index >= 15 is 0 Å². The topological polar surface area (TPSA) is 39.7 Å². The van der Waals surface area contributed by atoms with Crippen molar-refractivity contribution in [3.05, 3.63) is 0 Å². The number of aliphatic imine (C=N–C) groups is 1. The third-order valence-corrected chi connectivity index (χ3v) is 3.33. The Bertz CT molecular complexity index is 233. The molecule has 0 aromatic heterocycles. The number of piperidine rings is 1. The third-order valence-electron chi connectivity index (χ3n) is 3.33. The van der Waals surface area contributed by atoms with E-state index in [4.69, 9.17) is 0 Å². The van der Waals surface area contributed by atoms with E-state index in [1.807, 2.05) is 0 Å². The Hall–Kier alpha value is -0.770. The molecular formula is C12H24N4. The van der Waals surface area contributed by atoms with Crippen molar-refractivity contribution in [2.45, 2.75) is 26.2 Å². The van der Waals surface area contributed by atoms with E-state index in [2.05, 4.69) is 27.4 Å². The second-order valence-corrected chi connectivity index (χ2v) is 4.79. The summed E-state index contributed by atoms with van der Waals surface area (Å²) in [5, 5.41) is 6.87. The number of guanidine groups is 1. The SMILES string of the molecule is CCCN(CC1CCCNC1)C1=NCCN1. The van der Waals surface area contributed by atoms with Crippen molar-refractivity contribution in [2.75, 3.05) is 39.3 Å². The average molecular weight is 224 g/mol. The summed E-state index contributed by atoms with van der Waals surface area (Å²) in [6.45, 7) is 8.85. The molecule has 2 aliphatic heterocycles. The molecule has 16 heavy (non-hydrogen) atoms. The molecule has 1 fully saturated rings. The lowest BCUT2D eigenvalue weighted by molar-refractivity contribution is 0.282. The molecule has 0 aromatic rings. The Morgan fingerprint density at radius 3 is 3.00 bits per heavy atom. The third kappa shape index (κ3) is 3.11. The summed E-state index contributed by atoms with van der Waals surface area (Å²) in [7, 11) is 0. The Labute approximate surface area is 98.5 Å². The zero-order chi connectivity index (χ0) is 11.2. The first kappa shape index (κ1) is 11.7. The number of hydrogen-bond donors (Lipinski definition) is 2. The molecule has 4 nitrogen and oxygen atoms in total. The quantitative estimate of drug-likeness (QED) is 0.737. The van der Waals surface area contributed by atoms with Gasteiger partial charge in [-0.05, 0) is 38.3 Å². The molecule has 1 atom stereocenters. The highest BCUT2D eigenvalue weighted by atomic mass is 15.3. The molecule has 0 spiro atoms. The molecule has 0 aromatic carbocycles. The van der Waals surface area contributed by atoms with E-state index in [1.165, 1.54) is 32.4 Å². The largest absolute Gasteiger partial charge is 0.354 e. The molecule has 2 aliphatic rings. The lowest BCUT2D eigenvalue weighted by Gasteiger charge is -2.31. The maximum absolute atomic E-state index is 4.53. The first-order valence-electron chi connectivity index (χ1n) is 6.64. The van der Waals surface area contributed by atoms with Crippen molar-refractivity contribution in [1.82, 2.24) is 15.5 Å². The average Bonchev–Trinajstić information content (AvgIpc) is 2.83. The Morgan fingerprint density at radius 1 is 1.44 bits per heavy atom. The van der Waals surface area contributed by atoms with Gasteiger partial charge in [0, 0.05) is 19.6 Å². The second-order valence-electron chi connectivity index (χ2n) is 4.79. The molecule has 0 saturated carbocycles. The van der Waals surface area contributed by atoms with Gasteiger partial charge in [0.25, 0.3) is 0 Å². The van der Waals surface area contributed by atoms with Crippen LogP contribution in [0.5, 0.6) is 0 Å². The van der Waals surface area contributed by atoms with E-state index in [1.54, 1.807) is 0 Å². The summed E-state index contributed by atoms with van der Waals surface area (Å²) in [6.07, 6.45) is 3.88. The lowest BCUT2D eigenvalue weighted by Crippen LogP contribution is -2.45. The van der Waals surface area contributed by atoms with E-state index in [9.17, 15) is 0 Å². The van der Waals surface area contributed by atoms with Gasteiger partial charge in [-0.25, -0.2) is 0 Å². The van der Waals surface area contributed by atoms with Crippen molar-refractivity contribution in [1.29, 1.82) is 0 Å². The van der Waals surface area contributed by atoms with Gasteiger partial charge >= 0.3 is 0 Å². The molecule has 2 N–H and O–H groups in total. The molecule has 2 rings (SSSR count). The predicted octanol–water partition coefficient (Wildman–Crippen LogP) is 0.657. The van der Waals surface area contributed by atoms with Gasteiger partial charge in [0.05, 0.1) is 6.54 Å². The Balaban J connectivity index is 1.85. The summed E-state index contributed by atoms with van der Waals surface area (Å²) in [5.74, 6) is 1.93. The summed E-state index contributed by atoms with van der Waals surface area (Å²) in [5.41, 5.74) is 0. The van der Waals surface area contributed by atoms with Crippen LogP contribution < -0.4 is 10.6 Å². The molecule has 0 bridgehead atoms. The minimum atomic E-state index is 0.797.